The van der Waals surface area contributed by atoms with Gasteiger partial charge in [-0.05, 0) is 30.5 Å². The Morgan fingerprint density at radius 1 is 1.50 bits per heavy atom. The molecule has 2 atom stereocenters. The van der Waals surface area contributed by atoms with E-state index in [1.165, 1.54) is 12.1 Å². The summed E-state index contributed by atoms with van der Waals surface area (Å²) in [7, 11) is -3.55. The second kappa shape index (κ2) is 3.91. The summed E-state index contributed by atoms with van der Waals surface area (Å²) < 4.78 is 26.5. The van der Waals surface area contributed by atoms with Crippen LogP contribution in [0.5, 0.6) is 0 Å². The molecule has 0 saturated heterocycles. The minimum absolute atomic E-state index is 0.0301. The van der Waals surface area contributed by atoms with Crippen LogP contribution < -0.4 is 10.5 Å². The van der Waals surface area contributed by atoms with E-state index in [9.17, 15) is 8.42 Å². The van der Waals surface area contributed by atoms with E-state index in [4.69, 9.17) is 17.3 Å². The molecule has 1 aromatic carbocycles. The smallest absolute Gasteiger partial charge is 0.242 e. The zero-order valence-corrected chi connectivity index (χ0v) is 10.3. The topological polar surface area (TPSA) is 72.2 Å². The number of benzene rings is 1. The summed E-state index contributed by atoms with van der Waals surface area (Å²) in [5, 5.41) is 0.190. The first-order chi connectivity index (χ1) is 7.40. The number of rotatable bonds is 3. The van der Waals surface area contributed by atoms with E-state index in [-0.39, 0.29) is 16.0 Å². The van der Waals surface area contributed by atoms with Gasteiger partial charge in [-0.3, -0.25) is 0 Å². The van der Waals surface area contributed by atoms with Crippen molar-refractivity contribution in [3.63, 3.8) is 0 Å². The monoisotopic (exact) mass is 260 g/mol. The standard InChI is InChI=1S/C10H13ClN2O2S/c1-6-4-9(6)13-16(14,15)10-5-7(12)2-3-8(10)11/h2-3,5-6,9,13H,4,12H2,1H3. The van der Waals surface area contributed by atoms with Crippen molar-refractivity contribution in [1.29, 1.82) is 0 Å². The predicted molar refractivity (Wildman–Crippen MR) is 63.8 cm³/mol. The third-order valence-electron chi connectivity index (χ3n) is 2.66. The van der Waals surface area contributed by atoms with Gasteiger partial charge >= 0.3 is 0 Å². The Bertz CT molecular complexity index is 516. The Kier molecular flexibility index (Phi) is 2.86. The molecule has 4 nitrogen and oxygen atoms in total. The van der Waals surface area contributed by atoms with E-state index in [1.54, 1.807) is 6.07 Å². The van der Waals surface area contributed by atoms with Crippen molar-refractivity contribution in [1.82, 2.24) is 4.72 Å². The molecule has 0 heterocycles. The molecular formula is C10H13ClN2O2S. The molecule has 1 fully saturated rings. The van der Waals surface area contributed by atoms with Crippen molar-refractivity contribution in [3.8, 4) is 0 Å². The van der Waals surface area contributed by atoms with E-state index in [0.717, 1.165) is 6.42 Å². The molecule has 3 N–H and O–H groups in total. The highest BCUT2D eigenvalue weighted by molar-refractivity contribution is 7.89. The highest BCUT2D eigenvalue weighted by Gasteiger charge is 2.36. The maximum atomic E-state index is 12.0. The Morgan fingerprint density at radius 2 is 2.12 bits per heavy atom. The molecule has 1 aliphatic carbocycles. The van der Waals surface area contributed by atoms with Crippen LogP contribution in [0.2, 0.25) is 5.02 Å². The lowest BCUT2D eigenvalue weighted by Gasteiger charge is -2.08. The molecule has 0 aromatic heterocycles. The summed E-state index contributed by atoms with van der Waals surface area (Å²) in [5.74, 6) is 0.398. The molecule has 88 valence electrons. The number of nitrogen functional groups attached to an aromatic ring is 1. The van der Waals surface area contributed by atoms with Crippen LogP contribution in [0.25, 0.3) is 0 Å². The van der Waals surface area contributed by atoms with Gasteiger partial charge in [-0.1, -0.05) is 18.5 Å². The Labute approximate surface area is 99.8 Å². The van der Waals surface area contributed by atoms with E-state index < -0.39 is 10.0 Å². The van der Waals surface area contributed by atoms with Gasteiger partial charge in [0.15, 0.2) is 0 Å². The van der Waals surface area contributed by atoms with Crippen LogP contribution >= 0.6 is 11.6 Å². The fourth-order valence-corrected chi connectivity index (χ4v) is 3.37. The third kappa shape index (κ3) is 2.31. The van der Waals surface area contributed by atoms with Crippen LogP contribution in [-0.2, 0) is 10.0 Å². The highest BCUT2D eigenvalue weighted by atomic mass is 35.5. The number of hydrogen-bond acceptors (Lipinski definition) is 3. The summed E-state index contributed by atoms with van der Waals surface area (Å²) >= 11 is 5.85. The quantitative estimate of drug-likeness (QED) is 0.811. The zero-order valence-electron chi connectivity index (χ0n) is 8.77. The van der Waals surface area contributed by atoms with Gasteiger partial charge < -0.3 is 5.73 Å². The fraction of sp³-hybridized carbons (Fsp3) is 0.400. The van der Waals surface area contributed by atoms with Gasteiger partial charge in [-0.25, -0.2) is 13.1 Å². The minimum atomic E-state index is -3.55. The van der Waals surface area contributed by atoms with E-state index >= 15 is 0 Å². The van der Waals surface area contributed by atoms with Crippen molar-refractivity contribution in [2.24, 2.45) is 5.92 Å². The molecule has 0 radical (unpaired) electrons. The van der Waals surface area contributed by atoms with Crippen molar-refractivity contribution >= 4 is 27.3 Å². The number of nitrogens with two attached hydrogens (primary N) is 1. The second-order valence-electron chi connectivity index (χ2n) is 4.13. The van der Waals surface area contributed by atoms with E-state index in [1.807, 2.05) is 6.92 Å². The Morgan fingerprint density at radius 3 is 2.69 bits per heavy atom. The van der Waals surface area contributed by atoms with Gasteiger partial charge in [0.25, 0.3) is 0 Å². The first kappa shape index (κ1) is 11.7. The molecule has 16 heavy (non-hydrogen) atoms. The van der Waals surface area contributed by atoms with Gasteiger partial charge in [0.1, 0.15) is 4.90 Å². The summed E-state index contributed by atoms with van der Waals surface area (Å²) in [6.45, 7) is 1.99. The van der Waals surface area contributed by atoms with Crippen LogP contribution in [0.15, 0.2) is 23.1 Å². The average molecular weight is 261 g/mol. The van der Waals surface area contributed by atoms with Gasteiger partial charge in [0.05, 0.1) is 5.02 Å². The third-order valence-corrected chi connectivity index (χ3v) is 4.63. The number of sulfonamides is 1. The Hall–Kier alpha value is -0.780. The number of nitrogens with one attached hydrogen (secondary N) is 1. The maximum Gasteiger partial charge on any atom is 0.242 e. The van der Waals surface area contributed by atoms with Crippen LogP contribution in [0, 0.1) is 5.92 Å². The highest BCUT2D eigenvalue weighted by Crippen LogP contribution is 2.32. The number of anilines is 1. The molecule has 0 aliphatic heterocycles. The lowest BCUT2D eigenvalue weighted by atomic mass is 10.3. The number of hydrogen-bond donors (Lipinski definition) is 2. The SMILES string of the molecule is CC1CC1NS(=O)(=O)c1cc(N)ccc1Cl. The average Bonchev–Trinajstić information content (AvgIpc) is 2.85. The molecule has 6 heteroatoms. The fourth-order valence-electron chi connectivity index (χ4n) is 1.47. The molecular weight excluding hydrogens is 248 g/mol. The molecule has 0 bridgehead atoms. The van der Waals surface area contributed by atoms with Gasteiger partial charge in [0, 0.05) is 11.7 Å². The largest absolute Gasteiger partial charge is 0.399 e. The normalized spacial score (nSPS) is 24.4. The van der Waals surface area contributed by atoms with Gasteiger partial charge in [0.2, 0.25) is 10.0 Å². The lowest BCUT2D eigenvalue weighted by molar-refractivity contribution is 0.578. The van der Waals surface area contributed by atoms with E-state index in [2.05, 4.69) is 4.72 Å². The summed E-state index contributed by atoms with van der Waals surface area (Å²) in [6.07, 6.45) is 0.874. The van der Waals surface area contributed by atoms with Crippen LogP contribution in [0.3, 0.4) is 0 Å². The molecule has 2 unspecified atom stereocenters. The van der Waals surface area contributed by atoms with Crippen molar-refractivity contribution in [2.45, 2.75) is 24.3 Å². The van der Waals surface area contributed by atoms with E-state index in [0.29, 0.717) is 11.6 Å². The number of halogens is 1. The lowest BCUT2D eigenvalue weighted by Crippen LogP contribution is -2.27. The van der Waals surface area contributed by atoms with Gasteiger partial charge in [-0.2, -0.15) is 0 Å². The molecule has 1 aromatic rings. The zero-order chi connectivity index (χ0) is 11.9. The van der Waals surface area contributed by atoms with Crippen molar-refractivity contribution < 1.29 is 8.42 Å². The first-order valence-corrected chi connectivity index (χ1v) is 6.83. The predicted octanol–water partition coefficient (Wildman–Crippen LogP) is 1.61. The molecule has 0 spiro atoms. The summed E-state index contributed by atoms with van der Waals surface area (Å²) in [6, 6.07) is 4.46. The van der Waals surface area contributed by atoms with Crippen LogP contribution in [-0.4, -0.2) is 14.5 Å². The maximum absolute atomic E-state index is 12.0. The summed E-state index contributed by atoms with van der Waals surface area (Å²) in [5.41, 5.74) is 5.93. The molecule has 2 rings (SSSR count). The Balaban J connectivity index is 2.31. The van der Waals surface area contributed by atoms with Crippen molar-refractivity contribution in [3.05, 3.63) is 23.2 Å². The van der Waals surface area contributed by atoms with Crippen LogP contribution in [0.1, 0.15) is 13.3 Å². The van der Waals surface area contributed by atoms with Gasteiger partial charge in [-0.15, -0.1) is 0 Å². The summed E-state index contributed by atoms with van der Waals surface area (Å²) in [4.78, 5) is 0.0493. The minimum Gasteiger partial charge on any atom is -0.399 e. The first-order valence-electron chi connectivity index (χ1n) is 4.97. The van der Waals surface area contributed by atoms with Crippen LogP contribution in [0.4, 0.5) is 5.69 Å². The molecule has 1 aliphatic rings. The molecule has 0 amide bonds. The van der Waals surface area contributed by atoms with Crippen molar-refractivity contribution in [2.75, 3.05) is 5.73 Å². The molecule has 1 saturated carbocycles. The second-order valence-corrected chi connectivity index (χ2v) is 6.22.